The van der Waals surface area contributed by atoms with E-state index in [1.165, 1.54) is 25.3 Å². The van der Waals surface area contributed by atoms with Gasteiger partial charge in [-0.05, 0) is 48.7 Å². The summed E-state index contributed by atoms with van der Waals surface area (Å²) in [6.07, 6.45) is 0. The van der Waals surface area contributed by atoms with Gasteiger partial charge in [0.25, 0.3) is 10.0 Å². The fourth-order valence-corrected chi connectivity index (χ4v) is 5.49. The second-order valence-electron chi connectivity index (χ2n) is 8.32. The molecule has 0 aliphatic carbocycles. The minimum Gasteiger partial charge on any atom is -0.495 e. The molecule has 1 N–H and O–H groups in total. The molecule has 0 atom stereocenters. The van der Waals surface area contributed by atoms with Gasteiger partial charge in [0, 0.05) is 5.39 Å². The van der Waals surface area contributed by atoms with Crippen molar-refractivity contribution in [2.75, 3.05) is 31.1 Å². The van der Waals surface area contributed by atoms with Crippen LogP contribution in [0.5, 0.6) is 11.5 Å². The maximum atomic E-state index is 13.5. The highest BCUT2D eigenvalue weighted by Gasteiger charge is 2.27. The van der Waals surface area contributed by atoms with Crippen LogP contribution in [0, 0.1) is 6.92 Å². The molecule has 192 valence electrons. The normalized spacial score (nSPS) is 11.2. The molecule has 0 bridgehead atoms. The number of ether oxygens (including phenoxy) is 2. The quantitative estimate of drug-likeness (QED) is 0.280. The fourth-order valence-electron chi connectivity index (χ4n) is 3.82. The minimum atomic E-state index is -4.06. The lowest BCUT2D eigenvalue weighted by molar-refractivity contribution is -0.119. The van der Waals surface area contributed by atoms with Crippen LogP contribution >= 0.6 is 11.6 Å². The number of hydrogen-bond donors (Lipinski definition) is 1. The Morgan fingerprint density at radius 1 is 0.946 bits per heavy atom. The number of amides is 1. The van der Waals surface area contributed by atoms with E-state index in [1.54, 1.807) is 24.3 Å². The molecule has 4 aromatic rings. The van der Waals surface area contributed by atoms with E-state index in [1.807, 2.05) is 49.4 Å². The van der Waals surface area contributed by atoms with Crippen LogP contribution in [-0.2, 0) is 14.8 Å². The van der Waals surface area contributed by atoms with Gasteiger partial charge in [-0.3, -0.25) is 9.10 Å². The van der Waals surface area contributed by atoms with Crippen LogP contribution in [0.2, 0.25) is 5.02 Å². The minimum absolute atomic E-state index is 0.0668. The Balaban J connectivity index is 1.48. The second kappa shape index (κ2) is 11.5. The summed E-state index contributed by atoms with van der Waals surface area (Å²) in [7, 11) is -2.59. The first kappa shape index (κ1) is 26.3. The molecule has 0 unspecified atom stereocenters. The molecule has 4 rings (SSSR count). The van der Waals surface area contributed by atoms with Gasteiger partial charge < -0.3 is 14.8 Å². The number of nitrogens with one attached hydrogen (secondary N) is 1. The van der Waals surface area contributed by atoms with Gasteiger partial charge in [-0.1, -0.05) is 65.7 Å². The Labute approximate surface area is 221 Å². The smallest absolute Gasteiger partial charge is 0.264 e. The Morgan fingerprint density at radius 3 is 2.41 bits per heavy atom. The average Bonchev–Trinajstić information content (AvgIpc) is 2.90. The topological polar surface area (TPSA) is 84.9 Å². The Kier molecular flexibility index (Phi) is 8.21. The van der Waals surface area contributed by atoms with Crippen molar-refractivity contribution in [3.05, 3.63) is 95.5 Å². The lowest BCUT2D eigenvalue weighted by Gasteiger charge is -2.24. The molecule has 7 nitrogen and oxygen atoms in total. The van der Waals surface area contributed by atoms with Gasteiger partial charge in [0.2, 0.25) is 5.91 Å². The summed E-state index contributed by atoms with van der Waals surface area (Å²) in [5.74, 6) is 0.626. The number of benzene rings is 4. The number of aryl methyl sites for hydroxylation is 1. The van der Waals surface area contributed by atoms with E-state index < -0.39 is 22.5 Å². The monoisotopic (exact) mass is 538 g/mol. The number of methoxy groups -OCH3 is 1. The number of halogens is 1. The molecule has 0 radical (unpaired) electrons. The highest BCUT2D eigenvalue weighted by Crippen LogP contribution is 2.32. The number of hydrogen-bond acceptors (Lipinski definition) is 5. The second-order valence-corrected chi connectivity index (χ2v) is 10.6. The summed E-state index contributed by atoms with van der Waals surface area (Å²) in [4.78, 5) is 12.9. The number of carbonyl (C=O) groups excluding carboxylic acids is 1. The van der Waals surface area contributed by atoms with Gasteiger partial charge in [-0.15, -0.1) is 0 Å². The Hall–Kier alpha value is -3.75. The Bertz CT molecular complexity index is 1500. The molecular weight excluding hydrogens is 512 g/mol. The first-order valence-corrected chi connectivity index (χ1v) is 13.4. The summed E-state index contributed by atoms with van der Waals surface area (Å²) in [5.41, 5.74) is 1.16. The van der Waals surface area contributed by atoms with Gasteiger partial charge in [0.05, 0.1) is 29.3 Å². The highest BCUT2D eigenvalue weighted by molar-refractivity contribution is 7.92. The van der Waals surface area contributed by atoms with E-state index in [-0.39, 0.29) is 28.8 Å². The van der Waals surface area contributed by atoms with Crippen molar-refractivity contribution < 1.29 is 22.7 Å². The van der Waals surface area contributed by atoms with E-state index in [2.05, 4.69) is 5.32 Å². The highest BCUT2D eigenvalue weighted by atomic mass is 35.5. The molecule has 0 heterocycles. The Morgan fingerprint density at radius 2 is 1.68 bits per heavy atom. The van der Waals surface area contributed by atoms with Crippen LogP contribution in [0.1, 0.15) is 5.56 Å². The number of rotatable bonds is 10. The molecule has 37 heavy (non-hydrogen) atoms. The number of nitrogens with zero attached hydrogens (tertiary/aromatic N) is 1. The molecule has 9 heteroatoms. The number of carbonyl (C=O) groups is 1. The summed E-state index contributed by atoms with van der Waals surface area (Å²) >= 11 is 6.27. The first-order valence-electron chi connectivity index (χ1n) is 11.6. The molecule has 0 spiro atoms. The third-order valence-corrected chi connectivity index (χ3v) is 7.83. The SMILES string of the molecule is COc1ccc(N(CC(=O)NCCOc2cccc3ccccc23)S(=O)(=O)c2ccc(C)cc2)cc1Cl. The summed E-state index contributed by atoms with van der Waals surface area (Å²) in [6.45, 7) is 1.85. The van der Waals surface area contributed by atoms with E-state index >= 15 is 0 Å². The van der Waals surface area contributed by atoms with E-state index in [0.717, 1.165) is 20.6 Å². The van der Waals surface area contributed by atoms with Gasteiger partial charge in [-0.2, -0.15) is 0 Å². The van der Waals surface area contributed by atoms with Crippen molar-refractivity contribution in [3.8, 4) is 11.5 Å². The van der Waals surface area contributed by atoms with Crippen LogP contribution in [0.25, 0.3) is 10.8 Å². The van der Waals surface area contributed by atoms with E-state index in [0.29, 0.717) is 11.5 Å². The zero-order valence-electron chi connectivity index (χ0n) is 20.5. The average molecular weight is 539 g/mol. The molecule has 0 aliphatic heterocycles. The third kappa shape index (κ3) is 6.15. The van der Waals surface area contributed by atoms with Crippen molar-refractivity contribution >= 4 is 44.0 Å². The maximum Gasteiger partial charge on any atom is 0.264 e. The summed E-state index contributed by atoms with van der Waals surface area (Å²) < 4.78 is 39.1. The molecule has 0 aromatic heterocycles. The predicted octanol–water partition coefficient (Wildman–Crippen LogP) is 5.20. The van der Waals surface area contributed by atoms with E-state index in [4.69, 9.17) is 21.1 Å². The lowest BCUT2D eigenvalue weighted by atomic mass is 10.1. The third-order valence-electron chi connectivity index (χ3n) is 5.75. The van der Waals surface area contributed by atoms with Gasteiger partial charge >= 0.3 is 0 Å². The van der Waals surface area contributed by atoms with Crippen molar-refractivity contribution in [1.29, 1.82) is 0 Å². The van der Waals surface area contributed by atoms with Crippen LogP contribution < -0.4 is 19.1 Å². The lowest BCUT2D eigenvalue weighted by Crippen LogP contribution is -2.42. The van der Waals surface area contributed by atoms with Gasteiger partial charge in [0.15, 0.2) is 0 Å². The summed E-state index contributed by atoms with van der Waals surface area (Å²) in [5, 5.41) is 5.00. The molecule has 1 amide bonds. The molecule has 0 saturated heterocycles. The van der Waals surface area contributed by atoms with Crippen molar-refractivity contribution in [2.45, 2.75) is 11.8 Å². The molecular formula is C28H27ClN2O5S. The largest absolute Gasteiger partial charge is 0.495 e. The molecule has 4 aromatic carbocycles. The van der Waals surface area contributed by atoms with E-state index in [9.17, 15) is 13.2 Å². The molecule has 0 saturated carbocycles. The van der Waals surface area contributed by atoms with Crippen LogP contribution in [-0.4, -0.2) is 41.1 Å². The van der Waals surface area contributed by atoms with Gasteiger partial charge in [0.1, 0.15) is 24.7 Å². The van der Waals surface area contributed by atoms with Gasteiger partial charge in [-0.25, -0.2) is 8.42 Å². The zero-order chi connectivity index (χ0) is 26.4. The molecule has 0 aliphatic rings. The standard InChI is InChI=1S/C28H27ClN2O5S/c1-20-10-13-23(14-11-20)37(33,34)31(22-12-15-27(35-2)25(29)18-22)19-28(32)30-16-17-36-26-9-5-7-21-6-3-4-8-24(21)26/h3-15,18H,16-17,19H2,1-2H3,(H,30,32). The first-order chi connectivity index (χ1) is 17.8. The van der Waals surface area contributed by atoms with Crippen LogP contribution in [0.3, 0.4) is 0 Å². The molecule has 0 fully saturated rings. The predicted molar refractivity (Wildman–Crippen MR) is 146 cm³/mol. The summed E-state index contributed by atoms with van der Waals surface area (Å²) in [6, 6.07) is 24.6. The van der Waals surface area contributed by atoms with Crippen LogP contribution in [0.15, 0.2) is 89.8 Å². The fraction of sp³-hybridized carbons (Fsp3) is 0.179. The zero-order valence-corrected chi connectivity index (χ0v) is 22.1. The number of anilines is 1. The number of sulfonamides is 1. The van der Waals surface area contributed by atoms with Crippen molar-refractivity contribution in [2.24, 2.45) is 0 Å². The number of fused-ring (bicyclic) bond motifs is 1. The van der Waals surface area contributed by atoms with Crippen molar-refractivity contribution in [1.82, 2.24) is 5.32 Å². The van der Waals surface area contributed by atoms with Crippen LogP contribution in [0.4, 0.5) is 5.69 Å². The maximum absolute atomic E-state index is 13.5. The van der Waals surface area contributed by atoms with Crippen molar-refractivity contribution in [3.63, 3.8) is 0 Å².